The van der Waals surface area contributed by atoms with Gasteiger partial charge in [0.2, 0.25) is 0 Å². The van der Waals surface area contributed by atoms with Gasteiger partial charge in [0.15, 0.2) is 5.78 Å². The van der Waals surface area contributed by atoms with E-state index in [1.165, 1.54) is 4.88 Å². The van der Waals surface area contributed by atoms with E-state index >= 15 is 0 Å². The largest absolute Gasteiger partial charge is 0.383 e. The van der Waals surface area contributed by atoms with Crippen LogP contribution in [0.5, 0.6) is 0 Å². The van der Waals surface area contributed by atoms with Crippen molar-refractivity contribution >= 4 is 17.1 Å². The molecule has 5 heteroatoms. The van der Waals surface area contributed by atoms with Crippen LogP contribution in [0.3, 0.4) is 0 Å². The van der Waals surface area contributed by atoms with Crippen molar-refractivity contribution in [3.63, 3.8) is 0 Å². The van der Waals surface area contributed by atoms with E-state index in [-0.39, 0.29) is 11.8 Å². The molecule has 0 saturated carbocycles. The normalized spacial score (nSPS) is 12.9. The van der Waals surface area contributed by atoms with Gasteiger partial charge < -0.3 is 9.47 Å². The van der Waals surface area contributed by atoms with Crippen molar-refractivity contribution in [3.05, 3.63) is 21.4 Å². The third kappa shape index (κ3) is 4.98. The average Bonchev–Trinajstić information content (AvgIpc) is 2.73. The molecule has 0 amide bonds. The quantitative estimate of drug-likeness (QED) is 0.657. The molecule has 0 aliphatic rings. The standard InChI is InChI=1S/C15H25NO3S/c1-11(10-19-5)16(6-7-18-4)9-15(17)14-8-12(2)20-13(14)3/h8,11H,6-7,9-10H2,1-5H3. The smallest absolute Gasteiger partial charge is 0.177 e. The molecular formula is C15H25NO3S. The first kappa shape index (κ1) is 17.3. The number of thiophene rings is 1. The molecule has 20 heavy (non-hydrogen) atoms. The maximum Gasteiger partial charge on any atom is 0.177 e. The van der Waals surface area contributed by atoms with Crippen LogP contribution in [-0.4, -0.2) is 57.2 Å². The summed E-state index contributed by atoms with van der Waals surface area (Å²) >= 11 is 1.67. The lowest BCUT2D eigenvalue weighted by molar-refractivity contribution is 0.0651. The Balaban J connectivity index is 2.72. The molecule has 0 bridgehead atoms. The highest BCUT2D eigenvalue weighted by Crippen LogP contribution is 2.21. The molecule has 1 heterocycles. The maximum atomic E-state index is 12.4. The third-order valence-corrected chi connectivity index (χ3v) is 4.27. The molecule has 0 spiro atoms. The Morgan fingerprint density at radius 2 is 2.05 bits per heavy atom. The lowest BCUT2D eigenvalue weighted by Crippen LogP contribution is -2.41. The van der Waals surface area contributed by atoms with Crippen LogP contribution >= 0.6 is 11.3 Å². The summed E-state index contributed by atoms with van der Waals surface area (Å²) in [4.78, 5) is 16.8. The van der Waals surface area contributed by atoms with Crippen LogP contribution in [0.1, 0.15) is 27.0 Å². The van der Waals surface area contributed by atoms with Crippen LogP contribution in [0.25, 0.3) is 0 Å². The number of ketones is 1. The molecule has 4 nitrogen and oxygen atoms in total. The van der Waals surface area contributed by atoms with Crippen molar-refractivity contribution in [2.75, 3.05) is 40.5 Å². The van der Waals surface area contributed by atoms with Crippen molar-refractivity contribution in [3.8, 4) is 0 Å². The fourth-order valence-corrected chi connectivity index (χ4v) is 3.13. The van der Waals surface area contributed by atoms with Gasteiger partial charge in [-0.05, 0) is 26.8 Å². The molecule has 0 aliphatic carbocycles. The fraction of sp³-hybridized carbons (Fsp3) is 0.667. The topological polar surface area (TPSA) is 38.8 Å². The van der Waals surface area contributed by atoms with E-state index in [2.05, 4.69) is 11.8 Å². The molecule has 0 fully saturated rings. The van der Waals surface area contributed by atoms with E-state index in [1.54, 1.807) is 25.6 Å². The second kappa shape index (κ2) is 8.52. The van der Waals surface area contributed by atoms with Gasteiger partial charge in [-0.1, -0.05) is 0 Å². The Hall–Kier alpha value is -0.750. The number of aryl methyl sites for hydroxylation is 2. The van der Waals surface area contributed by atoms with E-state index in [0.717, 1.165) is 17.0 Å². The van der Waals surface area contributed by atoms with Gasteiger partial charge in [0.25, 0.3) is 0 Å². The molecule has 1 atom stereocenters. The van der Waals surface area contributed by atoms with Crippen LogP contribution in [-0.2, 0) is 9.47 Å². The second-order valence-corrected chi connectivity index (χ2v) is 6.48. The third-order valence-electron chi connectivity index (χ3n) is 3.30. The van der Waals surface area contributed by atoms with E-state index < -0.39 is 0 Å². The predicted octanol–water partition coefficient (Wildman–Crippen LogP) is 2.53. The average molecular weight is 299 g/mol. The van der Waals surface area contributed by atoms with Gasteiger partial charge in [0.05, 0.1) is 19.8 Å². The molecular weight excluding hydrogens is 274 g/mol. The minimum atomic E-state index is 0.172. The summed E-state index contributed by atoms with van der Waals surface area (Å²) in [6.45, 7) is 8.47. The van der Waals surface area contributed by atoms with Crippen LogP contribution in [0.15, 0.2) is 6.07 Å². The molecule has 1 aromatic heterocycles. The summed E-state index contributed by atoms with van der Waals surface area (Å²) in [5.74, 6) is 0.172. The Kier molecular flexibility index (Phi) is 7.37. The lowest BCUT2D eigenvalue weighted by atomic mass is 10.1. The van der Waals surface area contributed by atoms with Gasteiger partial charge >= 0.3 is 0 Å². The number of rotatable bonds is 9. The number of nitrogens with zero attached hydrogens (tertiary/aromatic N) is 1. The molecule has 0 N–H and O–H groups in total. The van der Waals surface area contributed by atoms with Crippen molar-refractivity contribution in [1.82, 2.24) is 4.90 Å². The Labute approximate surface area is 125 Å². The molecule has 1 aromatic rings. The van der Waals surface area contributed by atoms with Crippen LogP contribution in [0.4, 0.5) is 0 Å². The van der Waals surface area contributed by atoms with Crippen LogP contribution < -0.4 is 0 Å². The van der Waals surface area contributed by atoms with Gasteiger partial charge in [0.1, 0.15) is 0 Å². The monoisotopic (exact) mass is 299 g/mol. The summed E-state index contributed by atoms with van der Waals surface area (Å²) < 4.78 is 10.3. The number of hydrogen-bond acceptors (Lipinski definition) is 5. The van der Waals surface area contributed by atoms with Gasteiger partial charge in [0, 0.05) is 42.1 Å². The zero-order valence-electron chi connectivity index (χ0n) is 13.1. The summed E-state index contributed by atoms with van der Waals surface area (Å²) in [6.07, 6.45) is 0. The SMILES string of the molecule is COCCN(CC(=O)c1cc(C)sc1C)C(C)COC. The first-order valence-electron chi connectivity index (χ1n) is 6.81. The van der Waals surface area contributed by atoms with E-state index in [9.17, 15) is 4.79 Å². The Morgan fingerprint density at radius 3 is 2.55 bits per heavy atom. The maximum absolute atomic E-state index is 12.4. The van der Waals surface area contributed by atoms with E-state index in [0.29, 0.717) is 19.8 Å². The van der Waals surface area contributed by atoms with Crippen LogP contribution in [0, 0.1) is 13.8 Å². The molecule has 0 saturated heterocycles. The van der Waals surface area contributed by atoms with Gasteiger partial charge in [-0.2, -0.15) is 0 Å². The minimum Gasteiger partial charge on any atom is -0.383 e. The first-order valence-corrected chi connectivity index (χ1v) is 7.63. The lowest BCUT2D eigenvalue weighted by Gasteiger charge is -2.27. The number of hydrogen-bond donors (Lipinski definition) is 0. The number of ether oxygens (including phenoxy) is 2. The predicted molar refractivity (Wildman–Crippen MR) is 82.9 cm³/mol. The number of methoxy groups -OCH3 is 2. The van der Waals surface area contributed by atoms with Crippen molar-refractivity contribution in [1.29, 1.82) is 0 Å². The molecule has 0 aromatic carbocycles. The van der Waals surface area contributed by atoms with Gasteiger partial charge in [-0.3, -0.25) is 9.69 Å². The Bertz CT molecular complexity index is 431. The molecule has 0 aliphatic heterocycles. The van der Waals surface area contributed by atoms with Gasteiger partial charge in [-0.15, -0.1) is 11.3 Å². The number of carbonyl (C=O) groups excluding carboxylic acids is 1. The highest BCUT2D eigenvalue weighted by Gasteiger charge is 2.20. The molecule has 114 valence electrons. The second-order valence-electron chi connectivity index (χ2n) is 5.02. The van der Waals surface area contributed by atoms with E-state index in [1.807, 2.05) is 19.9 Å². The molecule has 1 rings (SSSR count). The zero-order chi connectivity index (χ0) is 15.1. The van der Waals surface area contributed by atoms with Crippen molar-refractivity contribution in [2.24, 2.45) is 0 Å². The zero-order valence-corrected chi connectivity index (χ0v) is 13.9. The van der Waals surface area contributed by atoms with E-state index in [4.69, 9.17) is 9.47 Å². The minimum absolute atomic E-state index is 0.172. The van der Waals surface area contributed by atoms with Gasteiger partial charge in [-0.25, -0.2) is 0 Å². The summed E-state index contributed by atoms with van der Waals surface area (Å²) in [5, 5.41) is 0. The highest BCUT2D eigenvalue weighted by atomic mass is 32.1. The molecule has 0 radical (unpaired) electrons. The number of Topliss-reactive ketones (excluding diaryl/α,β-unsaturated/α-hetero) is 1. The number of carbonyl (C=O) groups is 1. The summed E-state index contributed by atoms with van der Waals surface area (Å²) in [5.41, 5.74) is 0.847. The van der Waals surface area contributed by atoms with Crippen molar-refractivity contribution < 1.29 is 14.3 Å². The molecule has 1 unspecified atom stereocenters. The highest BCUT2D eigenvalue weighted by molar-refractivity contribution is 7.12. The van der Waals surface area contributed by atoms with Crippen LogP contribution in [0.2, 0.25) is 0 Å². The fourth-order valence-electron chi connectivity index (χ4n) is 2.19. The summed E-state index contributed by atoms with van der Waals surface area (Å²) in [6, 6.07) is 2.18. The first-order chi connectivity index (χ1) is 9.49. The Morgan fingerprint density at radius 1 is 1.35 bits per heavy atom. The van der Waals surface area contributed by atoms with Crippen molar-refractivity contribution in [2.45, 2.75) is 26.8 Å². The summed E-state index contributed by atoms with van der Waals surface area (Å²) in [7, 11) is 3.35.